The van der Waals surface area contributed by atoms with Gasteiger partial charge in [0.05, 0.1) is 0 Å². The summed E-state index contributed by atoms with van der Waals surface area (Å²) in [5, 5.41) is 4.14. The molecule has 6 heavy (non-hydrogen) atoms. The van der Waals surface area contributed by atoms with Crippen molar-refractivity contribution in [3.8, 4) is 0 Å². The van der Waals surface area contributed by atoms with Crippen LogP contribution in [0.5, 0.6) is 0 Å². The van der Waals surface area contributed by atoms with Crippen LogP contribution in [-0.4, -0.2) is 13.1 Å². The van der Waals surface area contributed by atoms with E-state index in [9.17, 15) is 0 Å². The summed E-state index contributed by atoms with van der Waals surface area (Å²) in [5.74, 6) is 0.539. The minimum atomic E-state index is 0.539. The van der Waals surface area contributed by atoms with Gasteiger partial charge in [0.15, 0.2) is 0 Å². The highest BCUT2D eigenvalue weighted by Gasteiger charge is 1.90. The molecular formula is C5H12O. The fourth-order valence-electron chi connectivity index (χ4n) is 0.118. The van der Waals surface area contributed by atoms with Gasteiger partial charge in [-0.2, -0.15) is 0 Å². The van der Waals surface area contributed by atoms with Crippen LogP contribution in [0.15, 0.2) is 0 Å². The van der Waals surface area contributed by atoms with Gasteiger partial charge in [-0.25, -0.2) is 0 Å². The van der Waals surface area contributed by atoms with Crippen LogP contribution in [0, 0.1) is 5.92 Å². The molecule has 0 unspecified atom stereocenters. The summed E-state index contributed by atoms with van der Waals surface area (Å²) in [4.78, 5) is 0. The van der Waals surface area contributed by atoms with Crippen molar-refractivity contribution in [2.75, 3.05) is 6.61 Å². The van der Waals surface area contributed by atoms with Crippen LogP contribution in [0.25, 0.3) is 0 Å². The lowest BCUT2D eigenvalue weighted by atomic mass is 10.1. The van der Waals surface area contributed by atoms with Gasteiger partial charge in [-0.15, -0.1) is 0 Å². The van der Waals surface area contributed by atoms with Crippen molar-refractivity contribution in [2.45, 2.75) is 20.3 Å². The lowest BCUT2D eigenvalue weighted by molar-refractivity contribution is 0.234. The molecule has 0 saturated carbocycles. The van der Waals surface area contributed by atoms with Crippen LogP contribution < -0.4 is 0 Å². The van der Waals surface area contributed by atoms with Crippen molar-refractivity contribution in [3.05, 3.63) is 0 Å². The Hall–Kier alpha value is -0.0400. The molecule has 0 aromatic rings. The van der Waals surface area contributed by atoms with Crippen molar-refractivity contribution < 1.29 is 5.11 Å². The van der Waals surface area contributed by atoms with Crippen molar-refractivity contribution in [1.29, 1.82) is 1.43 Å². The molecule has 0 aromatic heterocycles. The van der Waals surface area contributed by atoms with Gasteiger partial charge in [0.2, 0.25) is 1.43 Å². The highest BCUT2D eigenvalue weighted by atomic mass is 16.3. The summed E-state index contributed by atoms with van der Waals surface area (Å²) < 4.78 is 6.34. The quantitative estimate of drug-likeness (QED) is 0.547. The van der Waals surface area contributed by atoms with Crippen LogP contribution in [0.2, 0.25) is 0 Å². The van der Waals surface area contributed by atoms with Crippen LogP contribution in [0.4, 0.5) is 0 Å². The maximum absolute atomic E-state index is 6.34. The van der Waals surface area contributed by atoms with E-state index < -0.39 is 0 Å². The SMILES string of the molecule is [2H]OC[C@@H](C)CC. The first-order valence-electron chi connectivity index (χ1n) is 2.80. The van der Waals surface area contributed by atoms with Gasteiger partial charge in [0.1, 0.15) is 0 Å². The summed E-state index contributed by atoms with van der Waals surface area (Å²) in [6, 6.07) is 0. The molecule has 0 radical (unpaired) electrons. The molecule has 0 fully saturated rings. The van der Waals surface area contributed by atoms with Crippen LogP contribution >= 0.6 is 0 Å². The van der Waals surface area contributed by atoms with Gasteiger partial charge in [0, 0.05) is 6.61 Å². The van der Waals surface area contributed by atoms with E-state index in [1.807, 2.05) is 0 Å². The van der Waals surface area contributed by atoms with Crippen LogP contribution in [0.1, 0.15) is 20.3 Å². The highest BCUT2D eigenvalue weighted by molar-refractivity contribution is 4.41. The highest BCUT2D eigenvalue weighted by Crippen LogP contribution is 1.95. The van der Waals surface area contributed by atoms with Crippen molar-refractivity contribution >= 4 is 0 Å². The number of rotatable bonds is 3. The lowest BCUT2D eigenvalue weighted by Crippen LogP contribution is -1.96. The van der Waals surface area contributed by atoms with E-state index in [0.29, 0.717) is 12.5 Å². The van der Waals surface area contributed by atoms with E-state index >= 15 is 0 Å². The Morgan fingerprint density at radius 3 is 2.83 bits per heavy atom. The second-order valence-corrected chi connectivity index (χ2v) is 1.68. The van der Waals surface area contributed by atoms with E-state index in [-0.39, 0.29) is 0 Å². The Bertz CT molecular complexity index is 39.1. The summed E-state index contributed by atoms with van der Waals surface area (Å²) in [6.07, 6.45) is 1.10. The second-order valence-electron chi connectivity index (χ2n) is 1.68. The molecule has 0 rings (SSSR count). The molecule has 1 atom stereocenters. The predicted molar refractivity (Wildman–Crippen MR) is 26.5 cm³/mol. The van der Waals surface area contributed by atoms with Crippen LogP contribution in [-0.2, 0) is 0 Å². The van der Waals surface area contributed by atoms with Gasteiger partial charge in [0.25, 0.3) is 0 Å². The Labute approximate surface area is 40.5 Å². The third-order valence-corrected chi connectivity index (χ3v) is 0.981. The van der Waals surface area contributed by atoms with Gasteiger partial charge < -0.3 is 5.11 Å². The normalized spacial score (nSPS) is 16.7. The average molecular weight is 89.2 g/mol. The number of aliphatic hydroxyl groups is 1. The Morgan fingerprint density at radius 2 is 2.67 bits per heavy atom. The summed E-state index contributed by atoms with van der Waals surface area (Å²) in [6.45, 7) is 4.72. The summed E-state index contributed by atoms with van der Waals surface area (Å²) in [5.41, 5.74) is 0. The zero-order valence-electron chi connectivity index (χ0n) is 5.40. The average Bonchev–Trinajstić information content (AvgIpc) is 1.68. The fourth-order valence-corrected chi connectivity index (χ4v) is 0.118. The molecule has 0 amide bonds. The third-order valence-electron chi connectivity index (χ3n) is 0.981. The van der Waals surface area contributed by atoms with Crippen LogP contribution in [0.3, 0.4) is 0 Å². The predicted octanol–water partition coefficient (Wildman–Crippen LogP) is 1.02. The number of hydrogen-bond donors (Lipinski definition) is 1. The molecular weight excluding hydrogens is 76.1 g/mol. The molecule has 1 heteroatoms. The number of hydrogen-bond acceptors (Lipinski definition) is 1. The molecule has 0 heterocycles. The van der Waals surface area contributed by atoms with E-state index in [2.05, 4.69) is 19.0 Å². The maximum atomic E-state index is 6.34. The fraction of sp³-hybridized carbons (Fsp3) is 1.00. The summed E-state index contributed by atoms with van der Waals surface area (Å²) in [7, 11) is 0. The Morgan fingerprint density at radius 1 is 2.00 bits per heavy atom. The Kier molecular flexibility index (Phi) is 2.18. The van der Waals surface area contributed by atoms with Crippen molar-refractivity contribution in [3.63, 3.8) is 0 Å². The molecule has 0 aliphatic heterocycles. The largest absolute Gasteiger partial charge is 0.396 e. The maximum Gasteiger partial charge on any atom is 0.210 e. The van der Waals surface area contributed by atoms with E-state index in [1.165, 1.54) is 0 Å². The first-order chi connectivity index (χ1) is 3.31. The number of aliphatic hydroxyl groups excluding tert-OH is 1. The first kappa shape index (κ1) is 4.13. The van der Waals surface area contributed by atoms with Crippen molar-refractivity contribution in [1.82, 2.24) is 0 Å². The molecule has 1 N–H and O–H groups in total. The van der Waals surface area contributed by atoms with Gasteiger partial charge in [-0.05, 0) is 5.92 Å². The van der Waals surface area contributed by atoms with E-state index in [1.54, 1.807) is 0 Å². The molecule has 38 valence electrons. The van der Waals surface area contributed by atoms with Gasteiger partial charge in [-0.1, -0.05) is 20.3 Å². The van der Waals surface area contributed by atoms with Crippen molar-refractivity contribution in [2.24, 2.45) is 5.92 Å². The topological polar surface area (TPSA) is 20.2 Å². The van der Waals surface area contributed by atoms with E-state index in [0.717, 1.165) is 6.42 Å². The molecule has 0 aromatic carbocycles. The molecule has 0 aliphatic rings. The zero-order chi connectivity index (χ0) is 5.70. The molecule has 0 saturated heterocycles. The second kappa shape index (κ2) is 3.16. The minimum Gasteiger partial charge on any atom is -0.396 e. The molecule has 1 nitrogen and oxygen atoms in total. The smallest absolute Gasteiger partial charge is 0.210 e. The monoisotopic (exact) mass is 89.1 g/mol. The Balaban J connectivity index is 2.83. The molecule has 0 spiro atoms. The molecule has 0 bridgehead atoms. The van der Waals surface area contributed by atoms with Gasteiger partial charge >= 0.3 is 0 Å². The minimum absolute atomic E-state index is 0.539. The van der Waals surface area contributed by atoms with E-state index in [4.69, 9.17) is 1.43 Å². The first-order valence-corrected chi connectivity index (χ1v) is 2.39. The van der Waals surface area contributed by atoms with Gasteiger partial charge in [-0.3, -0.25) is 0 Å². The standard InChI is InChI=1S/C5H12O/c1-3-5(2)4-6/h5-6H,3-4H2,1-2H3/t5-/m0/s1/i6D. The lowest BCUT2D eigenvalue weighted by Gasteiger charge is -1.98. The molecule has 0 aliphatic carbocycles. The third kappa shape index (κ3) is 2.21. The zero-order valence-corrected chi connectivity index (χ0v) is 4.40. The summed E-state index contributed by atoms with van der Waals surface area (Å²) >= 11 is 0.